The molecular weight excluding hydrogens is 458 g/mol. The molecule has 2 saturated heterocycles. The van der Waals surface area contributed by atoms with Gasteiger partial charge in [-0.1, -0.05) is 23.4 Å². The molecular formula is C21H22ClN3O4S2. The number of amidine groups is 1. The molecule has 2 unspecified atom stereocenters. The first-order chi connectivity index (χ1) is 14.7. The quantitative estimate of drug-likeness (QED) is 0.652. The molecule has 1 amide bonds. The molecule has 2 atom stereocenters. The van der Waals surface area contributed by atoms with Crippen molar-refractivity contribution in [2.75, 3.05) is 42.0 Å². The molecule has 0 spiro atoms. The smallest absolute Gasteiger partial charge is 0.285 e. The zero-order valence-corrected chi connectivity index (χ0v) is 19.5. The van der Waals surface area contributed by atoms with E-state index in [2.05, 4.69) is 4.99 Å². The monoisotopic (exact) mass is 479 g/mol. The Balaban J connectivity index is 1.55. The predicted octanol–water partition coefficient (Wildman–Crippen LogP) is 3.09. The lowest BCUT2D eigenvalue weighted by atomic mass is 10.2. The summed E-state index contributed by atoms with van der Waals surface area (Å²) >= 11 is 7.20. The second-order valence-corrected chi connectivity index (χ2v) is 11.4. The van der Waals surface area contributed by atoms with Gasteiger partial charge in [-0.05, 0) is 48.5 Å². The molecule has 2 aliphatic heterocycles. The number of halogens is 1. The van der Waals surface area contributed by atoms with Crippen molar-refractivity contribution in [3.05, 3.63) is 53.6 Å². The van der Waals surface area contributed by atoms with E-state index < -0.39 is 15.7 Å². The summed E-state index contributed by atoms with van der Waals surface area (Å²) in [4.78, 5) is 20.6. The minimum atomic E-state index is -3.12. The maximum atomic E-state index is 12.5. The van der Waals surface area contributed by atoms with Gasteiger partial charge in [0.1, 0.15) is 5.75 Å². The minimum Gasteiger partial charge on any atom is -0.484 e. The number of hydrogen-bond acceptors (Lipinski definition) is 6. The van der Waals surface area contributed by atoms with E-state index in [9.17, 15) is 13.2 Å². The summed E-state index contributed by atoms with van der Waals surface area (Å²) in [6.07, 6.45) is 0. The summed E-state index contributed by atoms with van der Waals surface area (Å²) in [6, 6.07) is 14.2. The molecule has 0 aromatic heterocycles. The van der Waals surface area contributed by atoms with Gasteiger partial charge in [0, 0.05) is 35.7 Å². The molecule has 7 nitrogen and oxygen atoms in total. The summed E-state index contributed by atoms with van der Waals surface area (Å²) in [6.45, 7) is -0.216. The second kappa shape index (κ2) is 8.72. The van der Waals surface area contributed by atoms with Gasteiger partial charge >= 0.3 is 0 Å². The van der Waals surface area contributed by atoms with Crippen LogP contribution in [0.25, 0.3) is 0 Å². The number of carbonyl (C=O) groups is 1. The van der Waals surface area contributed by atoms with E-state index >= 15 is 0 Å². The Morgan fingerprint density at radius 3 is 2.48 bits per heavy atom. The Kier molecular flexibility index (Phi) is 6.18. The third kappa shape index (κ3) is 4.99. The molecule has 0 saturated carbocycles. The van der Waals surface area contributed by atoms with Crippen LogP contribution < -0.4 is 14.5 Å². The van der Waals surface area contributed by atoms with Crippen LogP contribution in [-0.2, 0) is 14.6 Å². The lowest BCUT2D eigenvalue weighted by molar-refractivity contribution is -0.119. The van der Waals surface area contributed by atoms with E-state index in [1.54, 1.807) is 24.3 Å². The Labute approximate surface area is 191 Å². The molecule has 0 N–H and O–H groups in total. The van der Waals surface area contributed by atoms with Gasteiger partial charge < -0.3 is 14.5 Å². The first-order valence-corrected chi connectivity index (χ1v) is 12.7. The molecule has 2 aromatic carbocycles. The predicted molar refractivity (Wildman–Crippen MR) is 126 cm³/mol. The highest BCUT2D eigenvalue weighted by atomic mass is 35.5. The Morgan fingerprint density at radius 2 is 1.84 bits per heavy atom. The fourth-order valence-corrected chi connectivity index (χ4v) is 7.65. The number of hydrogen-bond donors (Lipinski definition) is 0. The Bertz CT molecular complexity index is 1100. The van der Waals surface area contributed by atoms with Crippen LogP contribution in [0.2, 0.25) is 5.02 Å². The molecule has 31 heavy (non-hydrogen) atoms. The summed E-state index contributed by atoms with van der Waals surface area (Å²) in [5.74, 6) is 0.226. The van der Waals surface area contributed by atoms with Gasteiger partial charge in [-0.2, -0.15) is 4.99 Å². The first-order valence-electron chi connectivity index (χ1n) is 9.65. The van der Waals surface area contributed by atoms with E-state index in [4.69, 9.17) is 16.3 Å². The number of benzene rings is 2. The number of amides is 1. The van der Waals surface area contributed by atoms with Gasteiger partial charge in [0.05, 0.1) is 17.5 Å². The molecule has 0 radical (unpaired) electrons. The Morgan fingerprint density at radius 1 is 1.16 bits per heavy atom. The van der Waals surface area contributed by atoms with Crippen LogP contribution in [0, 0.1) is 0 Å². The largest absolute Gasteiger partial charge is 0.484 e. The van der Waals surface area contributed by atoms with E-state index in [1.807, 2.05) is 48.2 Å². The number of ether oxygens (including phenoxy) is 1. The van der Waals surface area contributed by atoms with Crippen molar-refractivity contribution >= 4 is 55.6 Å². The van der Waals surface area contributed by atoms with Crippen molar-refractivity contribution in [1.29, 1.82) is 0 Å². The van der Waals surface area contributed by atoms with Gasteiger partial charge in [-0.15, -0.1) is 0 Å². The summed E-state index contributed by atoms with van der Waals surface area (Å²) in [5.41, 5.74) is 1.84. The molecule has 2 fully saturated rings. The number of sulfone groups is 1. The highest BCUT2D eigenvalue weighted by Crippen LogP contribution is 2.41. The maximum absolute atomic E-state index is 12.5. The molecule has 4 rings (SSSR count). The van der Waals surface area contributed by atoms with Crippen molar-refractivity contribution in [3.63, 3.8) is 0 Å². The van der Waals surface area contributed by atoms with Crippen molar-refractivity contribution in [2.45, 2.75) is 11.3 Å². The number of nitrogens with zero attached hydrogens (tertiary/aromatic N) is 3. The Hall–Kier alpha value is -2.23. The van der Waals surface area contributed by atoms with Crippen LogP contribution in [0.1, 0.15) is 0 Å². The number of anilines is 2. The van der Waals surface area contributed by atoms with Gasteiger partial charge in [0.25, 0.3) is 5.91 Å². The molecule has 2 aliphatic rings. The number of aliphatic imine (C=N–C) groups is 1. The third-order valence-electron chi connectivity index (χ3n) is 5.11. The van der Waals surface area contributed by atoms with E-state index in [0.29, 0.717) is 15.9 Å². The second-order valence-electron chi connectivity index (χ2n) is 7.61. The van der Waals surface area contributed by atoms with E-state index in [-0.39, 0.29) is 29.4 Å². The molecule has 164 valence electrons. The number of carbonyl (C=O) groups excluding carboxylic acids is 1. The van der Waals surface area contributed by atoms with Crippen molar-refractivity contribution in [2.24, 2.45) is 4.99 Å². The highest BCUT2D eigenvalue weighted by Gasteiger charge is 2.49. The topological polar surface area (TPSA) is 79.3 Å². The van der Waals surface area contributed by atoms with Crippen molar-refractivity contribution < 1.29 is 17.9 Å². The van der Waals surface area contributed by atoms with Crippen LogP contribution in [0.5, 0.6) is 5.75 Å². The molecule has 2 aromatic rings. The number of fused-ring (bicyclic) bond motifs is 1. The van der Waals surface area contributed by atoms with Crippen molar-refractivity contribution in [1.82, 2.24) is 0 Å². The fraction of sp³-hybridized carbons (Fsp3) is 0.333. The third-order valence-corrected chi connectivity index (χ3v) is 8.57. The van der Waals surface area contributed by atoms with Crippen LogP contribution >= 0.6 is 23.4 Å². The van der Waals surface area contributed by atoms with Gasteiger partial charge in [-0.3, -0.25) is 4.79 Å². The molecule has 0 aliphatic carbocycles. The number of thioether (sulfide) groups is 1. The molecule has 0 bridgehead atoms. The summed E-state index contributed by atoms with van der Waals surface area (Å²) in [7, 11) is 0.786. The average molecular weight is 480 g/mol. The van der Waals surface area contributed by atoms with Crippen molar-refractivity contribution in [3.8, 4) is 5.75 Å². The average Bonchev–Trinajstić information content (AvgIpc) is 3.18. The minimum absolute atomic E-state index is 0.0502. The number of rotatable bonds is 5. The lowest BCUT2D eigenvalue weighted by Gasteiger charge is -2.25. The van der Waals surface area contributed by atoms with Gasteiger partial charge in [-0.25, -0.2) is 8.42 Å². The zero-order chi connectivity index (χ0) is 22.2. The summed E-state index contributed by atoms with van der Waals surface area (Å²) in [5, 5.41) is 0.938. The maximum Gasteiger partial charge on any atom is 0.285 e. The standard InChI is InChI=1S/C21H22ClN3O4S2/c1-24(2)15-5-7-16(8-6-15)25-18-12-31(27,28)13-19(18)30-21(25)23-20(26)11-29-17-9-3-14(22)4-10-17/h3-10,18-19H,11-13H2,1-2H3. The lowest BCUT2D eigenvalue weighted by Crippen LogP contribution is -2.37. The summed E-state index contributed by atoms with van der Waals surface area (Å²) < 4.78 is 29.9. The normalized spacial score (nSPS) is 23.1. The highest BCUT2D eigenvalue weighted by molar-refractivity contribution is 8.16. The van der Waals surface area contributed by atoms with E-state index in [0.717, 1.165) is 11.4 Å². The van der Waals surface area contributed by atoms with Crippen LogP contribution in [0.3, 0.4) is 0 Å². The van der Waals surface area contributed by atoms with Crippen LogP contribution in [-0.4, -0.2) is 63.0 Å². The van der Waals surface area contributed by atoms with Gasteiger partial charge in [0.2, 0.25) is 0 Å². The van der Waals surface area contributed by atoms with Crippen LogP contribution in [0.4, 0.5) is 11.4 Å². The molecule has 2 heterocycles. The first kappa shape index (κ1) is 22.0. The van der Waals surface area contributed by atoms with E-state index in [1.165, 1.54) is 11.8 Å². The fourth-order valence-electron chi connectivity index (χ4n) is 3.59. The molecule has 10 heteroatoms. The zero-order valence-electron chi connectivity index (χ0n) is 17.1. The SMILES string of the molecule is CN(C)c1ccc(N2C(=NC(=O)COc3ccc(Cl)cc3)SC3CS(=O)(=O)CC32)cc1. The van der Waals surface area contributed by atoms with Crippen LogP contribution in [0.15, 0.2) is 53.5 Å². The van der Waals surface area contributed by atoms with Gasteiger partial charge in [0.15, 0.2) is 21.6 Å².